The van der Waals surface area contributed by atoms with Crippen molar-refractivity contribution in [2.24, 2.45) is 5.41 Å². The van der Waals surface area contributed by atoms with Gasteiger partial charge < -0.3 is 0 Å². The Hall–Kier alpha value is -3.99. The second-order valence-corrected chi connectivity index (χ2v) is 11.8. The van der Waals surface area contributed by atoms with Gasteiger partial charge in [-0.15, -0.1) is 5.10 Å². The van der Waals surface area contributed by atoms with Gasteiger partial charge in [0.1, 0.15) is 11.6 Å². The van der Waals surface area contributed by atoms with Crippen molar-refractivity contribution in [2.45, 2.75) is 69.2 Å². The molecular weight excluding hydrogens is 494 g/mol. The minimum absolute atomic E-state index is 0.139. The van der Waals surface area contributed by atoms with Gasteiger partial charge in [0.2, 0.25) is 0 Å². The minimum Gasteiger partial charge on any atom is -0.265 e. The molecule has 2 bridgehead atoms. The van der Waals surface area contributed by atoms with Crippen LogP contribution in [0.3, 0.4) is 0 Å². The number of nitriles is 1. The van der Waals surface area contributed by atoms with E-state index in [-0.39, 0.29) is 28.1 Å². The van der Waals surface area contributed by atoms with E-state index in [4.69, 9.17) is 4.98 Å². The number of hydrogen-bond donors (Lipinski definition) is 0. The Bertz CT molecular complexity index is 1640. The monoisotopic (exact) mass is 522 g/mol. The summed E-state index contributed by atoms with van der Waals surface area (Å²) >= 11 is 0. The first-order valence-corrected chi connectivity index (χ1v) is 13.5. The predicted molar refractivity (Wildman–Crippen MR) is 141 cm³/mol. The molecule has 3 heterocycles. The first-order chi connectivity index (χ1) is 18.8. The molecule has 39 heavy (non-hydrogen) atoms. The summed E-state index contributed by atoms with van der Waals surface area (Å²) in [5, 5.41) is 23.0. The van der Waals surface area contributed by atoms with Gasteiger partial charge in [0, 0.05) is 11.8 Å². The van der Waals surface area contributed by atoms with Crippen molar-refractivity contribution in [1.29, 1.82) is 5.26 Å². The van der Waals surface area contributed by atoms with Crippen LogP contribution >= 0.6 is 0 Å². The highest BCUT2D eigenvalue weighted by Gasteiger charge is 2.65. The normalized spacial score (nSPS) is 23.7. The van der Waals surface area contributed by atoms with Crippen LogP contribution < -0.4 is 0 Å². The van der Waals surface area contributed by atoms with Crippen molar-refractivity contribution in [3.8, 4) is 28.6 Å². The summed E-state index contributed by atoms with van der Waals surface area (Å²) in [7, 11) is 0. The van der Waals surface area contributed by atoms with E-state index in [0.29, 0.717) is 6.42 Å². The van der Waals surface area contributed by atoms with E-state index >= 15 is 0 Å². The minimum atomic E-state index is -0.644. The van der Waals surface area contributed by atoms with E-state index in [1.54, 1.807) is 0 Å². The Morgan fingerprint density at radius 2 is 1.79 bits per heavy atom. The zero-order valence-electron chi connectivity index (χ0n) is 22.0. The Balaban J connectivity index is 1.31. The molecule has 4 aromatic rings. The lowest BCUT2D eigenvalue weighted by molar-refractivity contribution is 0.130. The lowest BCUT2D eigenvalue weighted by atomic mass is 9.66. The van der Waals surface area contributed by atoms with E-state index in [9.17, 15) is 14.0 Å². The molecule has 0 unspecified atom stereocenters. The van der Waals surface area contributed by atoms with Gasteiger partial charge in [0.05, 0.1) is 58.0 Å². The van der Waals surface area contributed by atoms with Crippen LogP contribution in [0.5, 0.6) is 0 Å². The predicted octanol–water partition coefficient (Wildman–Crippen LogP) is 6.68. The summed E-state index contributed by atoms with van der Waals surface area (Å²) in [6.07, 6.45) is 9.14. The molecule has 2 atom stereocenters. The van der Waals surface area contributed by atoms with Crippen LogP contribution in [0.4, 0.5) is 8.78 Å². The van der Waals surface area contributed by atoms with Crippen LogP contribution in [0, 0.1) is 28.4 Å². The highest BCUT2D eigenvalue weighted by molar-refractivity contribution is 5.65. The molecule has 3 aromatic heterocycles. The molecule has 3 aliphatic carbocycles. The van der Waals surface area contributed by atoms with Crippen LogP contribution in [0.15, 0.2) is 54.9 Å². The topological polar surface area (TPSA) is 80.3 Å². The van der Waals surface area contributed by atoms with Gasteiger partial charge in [-0.3, -0.25) is 9.67 Å². The molecule has 8 heteroatoms. The Morgan fingerprint density at radius 1 is 1.03 bits per heavy atom. The van der Waals surface area contributed by atoms with E-state index in [1.165, 1.54) is 18.2 Å². The van der Waals surface area contributed by atoms with Gasteiger partial charge in [-0.2, -0.15) is 15.5 Å². The van der Waals surface area contributed by atoms with E-state index in [0.717, 1.165) is 60.3 Å². The Morgan fingerprint density at radius 3 is 2.51 bits per heavy atom. The van der Waals surface area contributed by atoms with Gasteiger partial charge in [-0.1, -0.05) is 26.0 Å². The third-order valence-electron chi connectivity index (χ3n) is 9.84. The van der Waals surface area contributed by atoms with Gasteiger partial charge in [-0.25, -0.2) is 8.78 Å². The molecule has 0 N–H and O–H groups in total. The molecule has 6 nitrogen and oxygen atoms in total. The highest BCUT2D eigenvalue weighted by Crippen LogP contribution is 2.69. The standard InChI is InChI=1S/C31H28F2N6/c1-29(2)21-10-13-31(29,28-20(21)16-25(37-38-28)27-22(32)6-3-7-23(27)33)26-9-4-8-24(36-26)19-17-35-39(18-19)30(14-15-34)11-5-12-30/h3-4,6-9,16-18,21H,5,10-14H2,1-2H3/t21-,31-/m0/s1. The van der Waals surface area contributed by atoms with Gasteiger partial charge >= 0.3 is 0 Å². The second kappa shape index (κ2) is 8.25. The average molecular weight is 523 g/mol. The lowest BCUT2D eigenvalue weighted by Gasteiger charge is -2.40. The third-order valence-corrected chi connectivity index (χ3v) is 9.84. The number of hydrogen-bond acceptors (Lipinski definition) is 5. The SMILES string of the molecule is CC1(C)[C@H]2CC[C@]1(c1cccc(-c3cnn(C4(CC#N)CCC4)c3)n1)c1nnc(-c3c(F)cccc3F)cc12. The fraction of sp³-hybridized carbons (Fsp3) is 0.387. The Kier molecular flexibility index (Phi) is 5.10. The van der Waals surface area contributed by atoms with Crippen molar-refractivity contribution in [3.63, 3.8) is 0 Å². The van der Waals surface area contributed by atoms with Crippen LogP contribution in [0.2, 0.25) is 0 Å². The summed E-state index contributed by atoms with van der Waals surface area (Å²) < 4.78 is 31.1. The number of pyridine rings is 1. The zero-order valence-corrected chi connectivity index (χ0v) is 22.0. The van der Waals surface area contributed by atoms with Crippen LogP contribution in [-0.4, -0.2) is 25.0 Å². The fourth-order valence-electron chi connectivity index (χ4n) is 7.52. The van der Waals surface area contributed by atoms with Gasteiger partial charge in [0.15, 0.2) is 0 Å². The van der Waals surface area contributed by atoms with Crippen molar-refractivity contribution in [1.82, 2.24) is 25.0 Å². The van der Waals surface area contributed by atoms with Crippen LogP contribution in [0.1, 0.15) is 75.2 Å². The number of aromatic nitrogens is 5. The number of benzene rings is 1. The number of nitrogens with zero attached hydrogens (tertiary/aromatic N) is 6. The number of rotatable bonds is 5. The van der Waals surface area contributed by atoms with E-state index in [1.807, 2.05) is 35.3 Å². The highest BCUT2D eigenvalue weighted by atomic mass is 19.1. The Labute approximate surface area is 225 Å². The van der Waals surface area contributed by atoms with E-state index in [2.05, 4.69) is 41.3 Å². The molecule has 1 aromatic carbocycles. The molecule has 196 valence electrons. The summed E-state index contributed by atoms with van der Waals surface area (Å²) in [6, 6.07) is 14.1. The molecule has 3 aliphatic rings. The van der Waals surface area contributed by atoms with E-state index < -0.39 is 17.0 Å². The summed E-state index contributed by atoms with van der Waals surface area (Å²) in [5.41, 5.74) is 3.72. The number of fused-ring (bicyclic) bond motifs is 5. The van der Waals surface area contributed by atoms with Crippen molar-refractivity contribution >= 4 is 0 Å². The van der Waals surface area contributed by atoms with Gasteiger partial charge in [-0.05, 0) is 79.3 Å². The molecule has 7 rings (SSSR count). The first-order valence-electron chi connectivity index (χ1n) is 13.5. The second-order valence-electron chi connectivity index (χ2n) is 11.8. The molecule has 0 saturated heterocycles. The molecule has 0 amide bonds. The maximum atomic E-state index is 14.6. The first kappa shape index (κ1) is 24.1. The molecule has 2 fully saturated rings. The molecule has 0 radical (unpaired) electrons. The molecular formula is C31H28F2N6. The maximum Gasteiger partial charge on any atom is 0.135 e. The molecule has 0 spiro atoms. The zero-order chi connectivity index (χ0) is 27.0. The quantitative estimate of drug-likeness (QED) is 0.292. The maximum absolute atomic E-state index is 14.6. The molecule has 0 aliphatic heterocycles. The lowest BCUT2D eigenvalue weighted by Crippen LogP contribution is -2.40. The van der Waals surface area contributed by atoms with Crippen LogP contribution in [0.25, 0.3) is 22.5 Å². The fourth-order valence-corrected chi connectivity index (χ4v) is 7.52. The smallest absolute Gasteiger partial charge is 0.135 e. The summed E-state index contributed by atoms with van der Waals surface area (Å²) in [4.78, 5) is 5.18. The summed E-state index contributed by atoms with van der Waals surface area (Å²) in [5.74, 6) is -1.11. The van der Waals surface area contributed by atoms with Crippen molar-refractivity contribution < 1.29 is 8.78 Å². The van der Waals surface area contributed by atoms with Crippen LogP contribution in [-0.2, 0) is 11.0 Å². The molecule has 2 saturated carbocycles. The number of halogens is 2. The third kappa shape index (κ3) is 3.16. The largest absolute Gasteiger partial charge is 0.265 e. The van der Waals surface area contributed by atoms with Crippen molar-refractivity contribution in [2.75, 3.05) is 0 Å². The van der Waals surface area contributed by atoms with Gasteiger partial charge in [0.25, 0.3) is 0 Å². The average Bonchev–Trinajstić information content (AvgIpc) is 3.55. The summed E-state index contributed by atoms with van der Waals surface area (Å²) in [6.45, 7) is 4.48. The van der Waals surface area contributed by atoms with Crippen molar-refractivity contribution in [3.05, 3.63) is 83.4 Å².